The van der Waals surface area contributed by atoms with E-state index >= 15 is 0 Å². The van der Waals surface area contributed by atoms with Gasteiger partial charge in [-0.05, 0) is 25.5 Å². The van der Waals surface area contributed by atoms with Gasteiger partial charge in [-0.3, -0.25) is 9.36 Å². The minimum atomic E-state index is -0.353. The van der Waals surface area contributed by atoms with E-state index in [0.717, 1.165) is 11.1 Å². The number of nitrogens with two attached hydrogens (primary N) is 1. The Morgan fingerprint density at radius 3 is 2.87 bits per heavy atom. The summed E-state index contributed by atoms with van der Waals surface area (Å²) in [6, 6.07) is 5.62. The second-order valence-corrected chi connectivity index (χ2v) is 3.67. The van der Waals surface area contributed by atoms with Gasteiger partial charge in [0, 0.05) is 0 Å². The molecule has 1 heterocycles. The second-order valence-electron chi connectivity index (χ2n) is 3.67. The fraction of sp³-hybridized carbons (Fsp3) is 0.273. The number of rotatable bonds is 1. The molecule has 2 N–H and O–H groups in total. The third-order valence-electron chi connectivity index (χ3n) is 2.46. The van der Waals surface area contributed by atoms with Crippen molar-refractivity contribution in [3.8, 4) is 0 Å². The van der Waals surface area contributed by atoms with E-state index < -0.39 is 0 Å². The first kappa shape index (κ1) is 9.86. The van der Waals surface area contributed by atoms with Gasteiger partial charge in [0.1, 0.15) is 0 Å². The van der Waals surface area contributed by atoms with Crippen molar-refractivity contribution in [3.05, 3.63) is 40.4 Å². The van der Waals surface area contributed by atoms with Crippen LogP contribution in [0.3, 0.4) is 0 Å². The van der Waals surface area contributed by atoms with Crippen molar-refractivity contribution in [1.82, 2.24) is 9.55 Å². The van der Waals surface area contributed by atoms with Crippen molar-refractivity contribution in [2.24, 2.45) is 5.73 Å². The van der Waals surface area contributed by atoms with Crippen LogP contribution in [0.15, 0.2) is 29.3 Å². The first-order chi connectivity index (χ1) is 7.11. The molecule has 0 saturated carbocycles. The van der Waals surface area contributed by atoms with Gasteiger partial charge in [-0.2, -0.15) is 0 Å². The first-order valence-electron chi connectivity index (χ1n) is 4.83. The van der Waals surface area contributed by atoms with Crippen LogP contribution >= 0.6 is 0 Å². The maximum absolute atomic E-state index is 12.0. The number of hydrogen-bond donors (Lipinski definition) is 1. The van der Waals surface area contributed by atoms with Crippen LogP contribution in [0.5, 0.6) is 0 Å². The summed E-state index contributed by atoms with van der Waals surface area (Å²) in [4.78, 5) is 16.2. The minimum Gasteiger partial charge on any atom is -0.311 e. The predicted octanol–water partition coefficient (Wildman–Crippen LogP) is 1.18. The monoisotopic (exact) mass is 203 g/mol. The number of hydrogen-bond acceptors (Lipinski definition) is 3. The molecule has 2 aromatic rings. The average Bonchev–Trinajstić information content (AvgIpc) is 2.17. The van der Waals surface area contributed by atoms with Gasteiger partial charge in [0.15, 0.2) is 0 Å². The molecule has 0 amide bonds. The number of benzene rings is 1. The van der Waals surface area contributed by atoms with E-state index in [2.05, 4.69) is 4.98 Å². The Balaban J connectivity index is 2.90. The Hall–Kier alpha value is -1.68. The third-order valence-corrected chi connectivity index (χ3v) is 2.46. The SMILES string of the molecule is Cc1cccc2ncn(C(C)N)c(=O)c12. The van der Waals surface area contributed by atoms with E-state index in [4.69, 9.17) is 5.73 Å². The molecule has 0 spiro atoms. The molecule has 1 aromatic carbocycles. The maximum atomic E-state index is 12.0. The van der Waals surface area contributed by atoms with Crippen LogP contribution < -0.4 is 11.3 Å². The van der Waals surface area contributed by atoms with E-state index in [1.165, 1.54) is 10.9 Å². The van der Waals surface area contributed by atoms with E-state index in [0.29, 0.717) is 5.39 Å². The first-order valence-corrected chi connectivity index (χ1v) is 4.83. The molecule has 0 aliphatic rings. The highest BCUT2D eigenvalue weighted by Crippen LogP contribution is 2.11. The largest absolute Gasteiger partial charge is 0.311 e. The fourth-order valence-electron chi connectivity index (χ4n) is 1.63. The minimum absolute atomic E-state index is 0.0758. The molecule has 0 fully saturated rings. The van der Waals surface area contributed by atoms with Crippen molar-refractivity contribution in [2.75, 3.05) is 0 Å². The van der Waals surface area contributed by atoms with Crippen LogP contribution in [0.2, 0.25) is 0 Å². The Morgan fingerprint density at radius 1 is 1.47 bits per heavy atom. The molecule has 0 bridgehead atoms. The Labute approximate surface area is 87.4 Å². The molecule has 0 radical (unpaired) electrons. The Morgan fingerprint density at radius 2 is 2.20 bits per heavy atom. The molecular weight excluding hydrogens is 190 g/mol. The van der Waals surface area contributed by atoms with Gasteiger partial charge in [-0.1, -0.05) is 12.1 Å². The van der Waals surface area contributed by atoms with Crippen molar-refractivity contribution >= 4 is 10.9 Å². The molecule has 1 atom stereocenters. The molecule has 1 aromatic heterocycles. The van der Waals surface area contributed by atoms with Gasteiger partial charge >= 0.3 is 0 Å². The molecule has 0 saturated heterocycles. The van der Waals surface area contributed by atoms with Gasteiger partial charge < -0.3 is 5.73 Å². The van der Waals surface area contributed by atoms with Gasteiger partial charge in [-0.25, -0.2) is 4.98 Å². The Kier molecular flexibility index (Phi) is 2.28. The molecule has 78 valence electrons. The number of fused-ring (bicyclic) bond motifs is 1. The molecule has 2 rings (SSSR count). The molecule has 0 aliphatic carbocycles. The van der Waals surface area contributed by atoms with Gasteiger partial charge in [0.2, 0.25) is 0 Å². The third kappa shape index (κ3) is 1.53. The summed E-state index contributed by atoms with van der Waals surface area (Å²) in [5.74, 6) is 0. The Bertz CT molecular complexity index is 557. The number of aromatic nitrogens is 2. The topological polar surface area (TPSA) is 60.9 Å². The highest BCUT2D eigenvalue weighted by atomic mass is 16.1. The van der Waals surface area contributed by atoms with Crippen molar-refractivity contribution in [3.63, 3.8) is 0 Å². The predicted molar refractivity (Wildman–Crippen MR) is 59.6 cm³/mol. The van der Waals surface area contributed by atoms with Crippen LogP contribution in [0.25, 0.3) is 10.9 Å². The fourth-order valence-corrected chi connectivity index (χ4v) is 1.63. The van der Waals surface area contributed by atoms with E-state index in [-0.39, 0.29) is 11.7 Å². The van der Waals surface area contributed by atoms with Crippen LogP contribution in [-0.2, 0) is 0 Å². The molecule has 15 heavy (non-hydrogen) atoms. The quantitative estimate of drug-likeness (QED) is 0.757. The summed E-state index contributed by atoms with van der Waals surface area (Å²) in [5.41, 5.74) is 7.25. The standard InChI is InChI=1S/C11H13N3O/c1-7-4-3-5-9-10(7)11(15)14(6-13-9)8(2)12/h3-6,8H,12H2,1-2H3. The lowest BCUT2D eigenvalue weighted by molar-refractivity contribution is 0.547. The highest BCUT2D eigenvalue weighted by molar-refractivity contribution is 5.80. The summed E-state index contributed by atoms with van der Waals surface area (Å²) in [6.07, 6.45) is 1.14. The molecular formula is C11H13N3O. The summed E-state index contributed by atoms with van der Waals surface area (Å²) < 4.78 is 1.44. The van der Waals surface area contributed by atoms with Gasteiger partial charge in [0.05, 0.1) is 23.4 Å². The van der Waals surface area contributed by atoms with E-state index in [1.807, 2.05) is 25.1 Å². The van der Waals surface area contributed by atoms with Crippen LogP contribution in [0.1, 0.15) is 18.7 Å². The summed E-state index contributed by atoms with van der Waals surface area (Å²) in [6.45, 7) is 3.66. The average molecular weight is 203 g/mol. The van der Waals surface area contributed by atoms with Crippen molar-refractivity contribution < 1.29 is 0 Å². The zero-order chi connectivity index (χ0) is 11.0. The maximum Gasteiger partial charge on any atom is 0.262 e. The number of aryl methyl sites for hydroxylation is 1. The lowest BCUT2D eigenvalue weighted by atomic mass is 10.1. The van der Waals surface area contributed by atoms with Crippen molar-refractivity contribution in [1.29, 1.82) is 0 Å². The van der Waals surface area contributed by atoms with Crippen LogP contribution in [-0.4, -0.2) is 9.55 Å². The normalized spacial score (nSPS) is 13.0. The highest BCUT2D eigenvalue weighted by Gasteiger charge is 2.07. The van der Waals surface area contributed by atoms with E-state index in [1.54, 1.807) is 6.92 Å². The van der Waals surface area contributed by atoms with Crippen LogP contribution in [0.4, 0.5) is 0 Å². The summed E-state index contributed by atoms with van der Waals surface area (Å²) >= 11 is 0. The number of nitrogens with zero attached hydrogens (tertiary/aromatic N) is 2. The lowest BCUT2D eigenvalue weighted by Gasteiger charge is -2.10. The van der Waals surface area contributed by atoms with E-state index in [9.17, 15) is 4.79 Å². The van der Waals surface area contributed by atoms with Crippen molar-refractivity contribution in [2.45, 2.75) is 20.0 Å². The zero-order valence-corrected chi connectivity index (χ0v) is 8.77. The molecule has 0 aliphatic heterocycles. The molecule has 4 heteroatoms. The smallest absolute Gasteiger partial charge is 0.262 e. The zero-order valence-electron chi connectivity index (χ0n) is 8.77. The van der Waals surface area contributed by atoms with Gasteiger partial charge in [-0.15, -0.1) is 0 Å². The molecule has 4 nitrogen and oxygen atoms in total. The second kappa shape index (κ2) is 3.47. The van der Waals surface area contributed by atoms with Crippen LogP contribution in [0, 0.1) is 6.92 Å². The van der Waals surface area contributed by atoms with Gasteiger partial charge in [0.25, 0.3) is 5.56 Å². The summed E-state index contributed by atoms with van der Waals surface area (Å²) in [5, 5.41) is 0.650. The molecule has 1 unspecified atom stereocenters. The lowest BCUT2D eigenvalue weighted by Crippen LogP contribution is -2.28. The summed E-state index contributed by atoms with van der Waals surface area (Å²) in [7, 11) is 0.